The van der Waals surface area contributed by atoms with E-state index in [0.29, 0.717) is 39.1 Å². The zero-order chi connectivity index (χ0) is 30.5. The first-order chi connectivity index (χ1) is 20.8. The predicted molar refractivity (Wildman–Crippen MR) is 170 cm³/mol. The first kappa shape index (κ1) is 28.9. The summed E-state index contributed by atoms with van der Waals surface area (Å²) in [7, 11) is 1.82. The van der Waals surface area contributed by atoms with Gasteiger partial charge >= 0.3 is 0 Å². The van der Waals surface area contributed by atoms with Gasteiger partial charge in [0.05, 0.1) is 40.1 Å². The Bertz CT molecular complexity index is 2010. The Kier molecular flexibility index (Phi) is 8.41. The summed E-state index contributed by atoms with van der Waals surface area (Å²) in [5, 5.41) is 10.1. The summed E-state index contributed by atoms with van der Waals surface area (Å²) >= 11 is 1.41. The second-order valence-electron chi connectivity index (χ2n) is 9.63. The molecule has 2 aromatic carbocycles. The molecule has 1 unspecified atom stereocenters. The van der Waals surface area contributed by atoms with Crippen LogP contribution in [-0.4, -0.2) is 37.7 Å². The number of hydrogen-bond acceptors (Lipinski definition) is 8. The maximum atomic E-state index is 14.2. The van der Waals surface area contributed by atoms with Crippen LogP contribution in [0.4, 0.5) is 0 Å². The first-order valence-electron chi connectivity index (χ1n) is 13.2. The lowest BCUT2D eigenvalue weighted by Gasteiger charge is -2.21. The molecule has 0 saturated carbocycles. The van der Waals surface area contributed by atoms with Crippen LogP contribution in [0.5, 0.6) is 0 Å². The van der Waals surface area contributed by atoms with Gasteiger partial charge in [-0.3, -0.25) is 18.8 Å². The number of fused-ring (bicyclic) bond motifs is 1. The Morgan fingerprint density at radius 1 is 1.16 bits per heavy atom. The minimum Gasteiger partial charge on any atom is -0.382 e. The van der Waals surface area contributed by atoms with E-state index in [-0.39, 0.29) is 17.1 Å². The van der Waals surface area contributed by atoms with Gasteiger partial charge in [-0.05, 0) is 50.2 Å². The molecule has 0 fully saturated rings. The lowest BCUT2D eigenvalue weighted by molar-refractivity contribution is -0.118. The van der Waals surface area contributed by atoms with E-state index in [1.54, 1.807) is 34.8 Å². The van der Waals surface area contributed by atoms with Gasteiger partial charge in [0.1, 0.15) is 0 Å². The lowest BCUT2D eigenvalue weighted by Crippen LogP contribution is -2.33. The average Bonchev–Trinajstić information content (AvgIpc) is 3.70. The molecule has 0 spiro atoms. The maximum Gasteiger partial charge on any atom is 0.274 e. The van der Waals surface area contributed by atoms with E-state index in [4.69, 9.17) is 5.73 Å². The van der Waals surface area contributed by atoms with Gasteiger partial charge in [-0.25, -0.2) is 15.0 Å². The molecular formula is C32H28N8O2S. The lowest BCUT2D eigenvalue weighted by atomic mass is 10.0. The first-order valence-corrected chi connectivity index (χ1v) is 14.2. The highest BCUT2D eigenvalue weighted by Gasteiger charge is 2.22. The summed E-state index contributed by atoms with van der Waals surface area (Å²) in [5.74, 6) is 5.53. The standard InChI is InChI=1S/C32H28N8O2S/c1-20(26-18-43-19-35-26)37-29(30(33)34-3)31(41)38-21(2)27-15-24-10-8-9-23(14-13-22-16-36-39(4)17-22)28(24)32(42)40(27)25-11-6-5-7-12-25/h5-12,15-19,21H,3,33H2,1-2,4H3,(H,38,41)/b30-29-,37-20?. The van der Waals surface area contributed by atoms with Gasteiger partial charge in [0.15, 0.2) is 11.5 Å². The number of aromatic nitrogens is 4. The Hall–Kier alpha value is -5.60. The molecule has 5 aromatic rings. The number of rotatable bonds is 7. The molecule has 0 saturated heterocycles. The zero-order valence-corrected chi connectivity index (χ0v) is 24.6. The highest BCUT2D eigenvalue weighted by atomic mass is 32.1. The van der Waals surface area contributed by atoms with Crippen molar-refractivity contribution in [2.24, 2.45) is 22.8 Å². The Morgan fingerprint density at radius 2 is 1.95 bits per heavy atom. The molecule has 0 radical (unpaired) electrons. The summed E-state index contributed by atoms with van der Waals surface area (Å²) in [6, 6.07) is 16.0. The number of pyridine rings is 1. The minimum absolute atomic E-state index is 0.102. The van der Waals surface area contributed by atoms with Crippen LogP contribution in [0.2, 0.25) is 0 Å². The second kappa shape index (κ2) is 12.5. The van der Waals surface area contributed by atoms with Gasteiger partial charge in [0, 0.05) is 35.6 Å². The van der Waals surface area contributed by atoms with E-state index in [2.05, 4.69) is 43.9 Å². The average molecular weight is 589 g/mol. The van der Waals surface area contributed by atoms with Crippen LogP contribution < -0.4 is 16.6 Å². The molecule has 214 valence electrons. The SMILES string of the molecule is C=N/C(N)=C(\N=C(C)c1cscn1)C(=O)NC(C)c1cc2cccc(C#Cc3cnn(C)c3)c2c(=O)n1-c1ccccc1. The van der Waals surface area contributed by atoms with Gasteiger partial charge in [0.25, 0.3) is 11.5 Å². The van der Waals surface area contributed by atoms with Crippen LogP contribution in [0.15, 0.2) is 104 Å². The number of aliphatic imine (C=N–C) groups is 2. The van der Waals surface area contributed by atoms with Gasteiger partial charge in [-0.2, -0.15) is 5.10 Å². The third-order valence-electron chi connectivity index (χ3n) is 6.64. The highest BCUT2D eigenvalue weighted by molar-refractivity contribution is 7.07. The molecule has 43 heavy (non-hydrogen) atoms. The van der Waals surface area contributed by atoms with Crippen LogP contribution in [0.25, 0.3) is 16.5 Å². The molecule has 10 nitrogen and oxygen atoms in total. The second-order valence-corrected chi connectivity index (χ2v) is 10.3. The zero-order valence-electron chi connectivity index (χ0n) is 23.8. The Morgan fingerprint density at radius 3 is 2.63 bits per heavy atom. The fourth-order valence-corrected chi connectivity index (χ4v) is 5.12. The van der Waals surface area contributed by atoms with Crippen molar-refractivity contribution in [2.75, 3.05) is 0 Å². The predicted octanol–water partition coefficient (Wildman–Crippen LogP) is 4.10. The molecule has 3 heterocycles. The molecule has 0 bridgehead atoms. The molecule has 0 aliphatic carbocycles. The van der Waals surface area contributed by atoms with Gasteiger partial charge in [-0.15, -0.1) is 11.3 Å². The molecule has 5 rings (SSSR count). The number of nitrogens with zero attached hydrogens (tertiary/aromatic N) is 6. The van der Waals surface area contributed by atoms with Gasteiger partial charge in [0.2, 0.25) is 0 Å². The van der Waals surface area contributed by atoms with Crippen molar-refractivity contribution in [1.29, 1.82) is 0 Å². The molecule has 3 N–H and O–H groups in total. The number of benzene rings is 2. The maximum absolute atomic E-state index is 14.2. The third kappa shape index (κ3) is 6.19. The van der Waals surface area contributed by atoms with Crippen LogP contribution in [0, 0.1) is 11.8 Å². The quantitative estimate of drug-likeness (QED) is 0.168. The Labute approximate surface area is 252 Å². The van der Waals surface area contributed by atoms with Crippen molar-refractivity contribution in [3.05, 3.63) is 122 Å². The number of amides is 1. The monoisotopic (exact) mass is 588 g/mol. The van der Waals surface area contributed by atoms with E-state index in [0.717, 1.165) is 5.56 Å². The number of thiazole rings is 1. The summed E-state index contributed by atoms with van der Waals surface area (Å²) in [5.41, 5.74) is 11.0. The number of carbonyl (C=O) groups is 1. The molecule has 11 heteroatoms. The fourth-order valence-electron chi connectivity index (χ4n) is 4.53. The summed E-state index contributed by atoms with van der Waals surface area (Å²) in [6.07, 6.45) is 3.48. The van der Waals surface area contributed by atoms with E-state index < -0.39 is 11.9 Å². The van der Waals surface area contributed by atoms with Crippen molar-refractivity contribution in [2.45, 2.75) is 19.9 Å². The van der Waals surface area contributed by atoms with Crippen molar-refractivity contribution in [3.63, 3.8) is 0 Å². The van der Waals surface area contributed by atoms with E-state index in [1.165, 1.54) is 11.3 Å². The summed E-state index contributed by atoms with van der Waals surface area (Å²) in [4.78, 5) is 40.2. The number of nitrogens with two attached hydrogens (primary N) is 1. The number of nitrogens with one attached hydrogen (secondary N) is 1. The van der Waals surface area contributed by atoms with E-state index >= 15 is 0 Å². The third-order valence-corrected chi connectivity index (χ3v) is 7.22. The van der Waals surface area contributed by atoms with E-state index in [9.17, 15) is 9.59 Å². The number of carbonyl (C=O) groups excluding carboxylic acids is 1. The topological polar surface area (TPSA) is 133 Å². The normalized spacial score (nSPS) is 12.7. The Balaban J connectivity index is 1.60. The van der Waals surface area contributed by atoms with E-state index in [1.807, 2.05) is 73.2 Å². The van der Waals surface area contributed by atoms with Crippen molar-refractivity contribution >= 4 is 40.4 Å². The van der Waals surface area contributed by atoms with Crippen LogP contribution >= 0.6 is 11.3 Å². The largest absolute Gasteiger partial charge is 0.382 e. The van der Waals surface area contributed by atoms with Crippen LogP contribution in [-0.2, 0) is 11.8 Å². The van der Waals surface area contributed by atoms with Crippen molar-refractivity contribution in [1.82, 2.24) is 24.6 Å². The highest BCUT2D eigenvalue weighted by Crippen LogP contribution is 2.24. The van der Waals surface area contributed by atoms with Gasteiger partial charge in [-0.1, -0.05) is 42.2 Å². The molecule has 3 aromatic heterocycles. The molecular weight excluding hydrogens is 560 g/mol. The summed E-state index contributed by atoms with van der Waals surface area (Å²) < 4.78 is 3.26. The smallest absolute Gasteiger partial charge is 0.274 e. The molecule has 1 amide bonds. The number of aryl methyl sites for hydroxylation is 1. The minimum atomic E-state index is -0.641. The fraction of sp³-hybridized carbons (Fsp3) is 0.125. The van der Waals surface area contributed by atoms with Gasteiger partial charge < -0.3 is 11.1 Å². The van der Waals surface area contributed by atoms with Crippen molar-refractivity contribution < 1.29 is 4.79 Å². The molecule has 1 atom stereocenters. The summed E-state index contributed by atoms with van der Waals surface area (Å²) in [6.45, 7) is 6.98. The van der Waals surface area contributed by atoms with Crippen molar-refractivity contribution in [3.8, 4) is 17.5 Å². The number of para-hydroxylation sites is 1. The number of hydrogen-bond donors (Lipinski definition) is 2. The molecule has 0 aliphatic heterocycles. The van der Waals surface area contributed by atoms with Crippen LogP contribution in [0.3, 0.4) is 0 Å². The molecule has 0 aliphatic rings. The van der Waals surface area contributed by atoms with Crippen LogP contribution in [0.1, 0.15) is 42.4 Å².